The fraction of sp³-hybridized carbons (Fsp3) is 0.333. The van der Waals surface area contributed by atoms with E-state index in [1.54, 1.807) is 24.5 Å². The predicted octanol–water partition coefficient (Wildman–Crippen LogP) is 4.05. The second kappa shape index (κ2) is 10.9. The standard InChI is InChI=1S/C18H21N3O2.2ClH/c22-18(6-1-14-7-10-20-13-14)21-15-2-4-16(5-3-15)23-17-8-11-19-12-9-17;;/h2-5,8-9,11-12,14,20H,1,6-7,10,13H2,(H,21,22);2*1H. The van der Waals surface area contributed by atoms with Crippen LogP contribution in [-0.2, 0) is 4.79 Å². The highest BCUT2D eigenvalue weighted by molar-refractivity contribution is 5.90. The van der Waals surface area contributed by atoms with Gasteiger partial charge >= 0.3 is 0 Å². The van der Waals surface area contributed by atoms with Crippen LogP contribution in [0.5, 0.6) is 11.5 Å². The van der Waals surface area contributed by atoms with Crippen molar-refractivity contribution in [3.05, 3.63) is 48.8 Å². The number of carbonyl (C=O) groups excluding carboxylic acids is 1. The smallest absolute Gasteiger partial charge is 0.224 e. The van der Waals surface area contributed by atoms with Gasteiger partial charge < -0.3 is 15.4 Å². The molecule has 136 valence electrons. The second-order valence-corrected chi connectivity index (χ2v) is 5.76. The molecule has 1 unspecified atom stereocenters. The Hall–Kier alpha value is -1.82. The summed E-state index contributed by atoms with van der Waals surface area (Å²) in [6.45, 7) is 2.11. The van der Waals surface area contributed by atoms with Gasteiger partial charge in [-0.1, -0.05) is 0 Å². The summed E-state index contributed by atoms with van der Waals surface area (Å²) in [5.41, 5.74) is 0.793. The van der Waals surface area contributed by atoms with E-state index in [2.05, 4.69) is 15.6 Å². The van der Waals surface area contributed by atoms with Crippen molar-refractivity contribution >= 4 is 36.4 Å². The molecule has 1 amide bonds. The first-order valence-corrected chi connectivity index (χ1v) is 7.98. The zero-order valence-electron chi connectivity index (χ0n) is 13.8. The molecular formula is C18H23Cl2N3O2. The lowest BCUT2D eigenvalue weighted by molar-refractivity contribution is -0.116. The molecule has 1 aliphatic rings. The van der Waals surface area contributed by atoms with E-state index >= 15 is 0 Å². The van der Waals surface area contributed by atoms with Gasteiger partial charge in [0.25, 0.3) is 0 Å². The largest absolute Gasteiger partial charge is 0.457 e. The molecule has 1 saturated heterocycles. The van der Waals surface area contributed by atoms with Crippen LogP contribution in [0.3, 0.4) is 0 Å². The maximum absolute atomic E-state index is 12.0. The van der Waals surface area contributed by atoms with E-state index in [1.807, 2.05) is 24.3 Å². The Bertz CT molecular complexity index is 633. The van der Waals surface area contributed by atoms with Gasteiger partial charge in [-0.2, -0.15) is 0 Å². The van der Waals surface area contributed by atoms with Gasteiger partial charge in [0.05, 0.1) is 0 Å². The molecule has 1 aliphatic heterocycles. The number of carbonyl (C=O) groups is 1. The molecule has 2 aromatic rings. The summed E-state index contributed by atoms with van der Waals surface area (Å²) in [6.07, 6.45) is 6.06. The molecule has 3 rings (SSSR count). The highest BCUT2D eigenvalue weighted by Gasteiger charge is 2.15. The number of hydrogen-bond acceptors (Lipinski definition) is 4. The van der Waals surface area contributed by atoms with Crippen molar-refractivity contribution in [1.82, 2.24) is 10.3 Å². The number of hydrogen-bond donors (Lipinski definition) is 2. The third-order valence-electron chi connectivity index (χ3n) is 3.97. The molecule has 0 radical (unpaired) electrons. The zero-order valence-corrected chi connectivity index (χ0v) is 15.4. The van der Waals surface area contributed by atoms with Crippen LogP contribution in [0.1, 0.15) is 19.3 Å². The first-order chi connectivity index (χ1) is 11.3. The maximum Gasteiger partial charge on any atom is 0.224 e. The fourth-order valence-electron chi connectivity index (χ4n) is 2.67. The van der Waals surface area contributed by atoms with Crippen LogP contribution >= 0.6 is 24.8 Å². The molecule has 0 spiro atoms. The summed E-state index contributed by atoms with van der Waals surface area (Å²) in [6, 6.07) is 11.0. The number of amides is 1. The van der Waals surface area contributed by atoms with E-state index in [0.29, 0.717) is 12.3 Å². The Morgan fingerprint density at radius 2 is 1.80 bits per heavy atom. The van der Waals surface area contributed by atoms with E-state index in [-0.39, 0.29) is 30.7 Å². The third-order valence-corrected chi connectivity index (χ3v) is 3.97. The molecule has 2 N–H and O–H groups in total. The van der Waals surface area contributed by atoms with Crippen LogP contribution in [-0.4, -0.2) is 24.0 Å². The lowest BCUT2D eigenvalue weighted by Crippen LogP contribution is -2.14. The van der Waals surface area contributed by atoms with Crippen LogP contribution in [0, 0.1) is 5.92 Å². The van der Waals surface area contributed by atoms with E-state index in [4.69, 9.17) is 4.74 Å². The highest BCUT2D eigenvalue weighted by atomic mass is 35.5. The van der Waals surface area contributed by atoms with E-state index < -0.39 is 0 Å². The molecule has 25 heavy (non-hydrogen) atoms. The average Bonchev–Trinajstić information content (AvgIpc) is 3.09. The number of aromatic nitrogens is 1. The van der Waals surface area contributed by atoms with Crippen LogP contribution in [0.25, 0.3) is 0 Å². The fourth-order valence-corrected chi connectivity index (χ4v) is 2.67. The van der Waals surface area contributed by atoms with Gasteiger partial charge in [0.2, 0.25) is 5.91 Å². The Balaban J connectivity index is 0.00000156. The summed E-state index contributed by atoms with van der Waals surface area (Å²) in [7, 11) is 0. The average molecular weight is 384 g/mol. The van der Waals surface area contributed by atoms with Crippen molar-refractivity contribution in [3.63, 3.8) is 0 Å². The first-order valence-electron chi connectivity index (χ1n) is 7.98. The lowest BCUT2D eigenvalue weighted by Gasteiger charge is -2.10. The van der Waals surface area contributed by atoms with Crippen molar-refractivity contribution in [2.75, 3.05) is 18.4 Å². The number of benzene rings is 1. The van der Waals surface area contributed by atoms with Gasteiger partial charge in [-0.3, -0.25) is 9.78 Å². The summed E-state index contributed by atoms with van der Waals surface area (Å²) < 4.78 is 5.69. The molecule has 7 heteroatoms. The van der Waals surface area contributed by atoms with E-state index in [1.165, 1.54) is 6.42 Å². The normalized spacial score (nSPS) is 15.6. The first kappa shape index (κ1) is 21.2. The van der Waals surface area contributed by atoms with Gasteiger partial charge in [-0.05, 0) is 68.2 Å². The van der Waals surface area contributed by atoms with Crippen LogP contribution in [0.2, 0.25) is 0 Å². The number of rotatable bonds is 6. The molecule has 1 atom stereocenters. The van der Waals surface area contributed by atoms with Crippen molar-refractivity contribution in [1.29, 1.82) is 0 Å². The van der Waals surface area contributed by atoms with Gasteiger partial charge in [-0.25, -0.2) is 0 Å². The summed E-state index contributed by atoms with van der Waals surface area (Å²) in [4.78, 5) is 15.9. The molecule has 0 bridgehead atoms. The molecule has 0 saturated carbocycles. The molecule has 2 heterocycles. The summed E-state index contributed by atoms with van der Waals surface area (Å²) in [5.74, 6) is 2.17. The quantitative estimate of drug-likeness (QED) is 0.789. The van der Waals surface area contributed by atoms with Crippen LogP contribution < -0.4 is 15.4 Å². The van der Waals surface area contributed by atoms with Crippen molar-refractivity contribution < 1.29 is 9.53 Å². The van der Waals surface area contributed by atoms with E-state index in [9.17, 15) is 4.79 Å². The number of pyridine rings is 1. The number of anilines is 1. The summed E-state index contributed by atoms with van der Waals surface area (Å²) >= 11 is 0. The van der Waals surface area contributed by atoms with Gasteiger partial charge in [0.15, 0.2) is 0 Å². The van der Waals surface area contributed by atoms with E-state index in [0.717, 1.165) is 36.7 Å². The number of ether oxygens (including phenoxy) is 1. The minimum atomic E-state index is 0. The Kier molecular flexibility index (Phi) is 9.27. The Morgan fingerprint density at radius 1 is 1.12 bits per heavy atom. The second-order valence-electron chi connectivity index (χ2n) is 5.76. The number of nitrogens with one attached hydrogen (secondary N) is 2. The molecule has 1 fully saturated rings. The monoisotopic (exact) mass is 383 g/mol. The highest BCUT2D eigenvalue weighted by Crippen LogP contribution is 2.22. The molecule has 1 aromatic carbocycles. The van der Waals surface area contributed by atoms with Gasteiger partial charge in [0, 0.05) is 24.5 Å². The third kappa shape index (κ3) is 6.90. The Morgan fingerprint density at radius 3 is 2.44 bits per heavy atom. The van der Waals surface area contributed by atoms with Crippen molar-refractivity contribution in [3.8, 4) is 11.5 Å². The predicted molar refractivity (Wildman–Crippen MR) is 104 cm³/mol. The maximum atomic E-state index is 12.0. The number of halogens is 2. The SMILES string of the molecule is Cl.Cl.O=C(CCC1CCNC1)Nc1ccc(Oc2ccncc2)cc1. The minimum absolute atomic E-state index is 0. The molecule has 5 nitrogen and oxygen atoms in total. The van der Waals surface area contributed by atoms with Gasteiger partial charge in [-0.15, -0.1) is 24.8 Å². The van der Waals surface area contributed by atoms with Crippen LogP contribution in [0.15, 0.2) is 48.8 Å². The lowest BCUT2D eigenvalue weighted by atomic mass is 10.0. The zero-order chi connectivity index (χ0) is 15.9. The van der Waals surface area contributed by atoms with Gasteiger partial charge in [0.1, 0.15) is 11.5 Å². The molecule has 1 aromatic heterocycles. The molecular weight excluding hydrogens is 361 g/mol. The number of nitrogens with zero attached hydrogens (tertiary/aromatic N) is 1. The topological polar surface area (TPSA) is 63.2 Å². The van der Waals surface area contributed by atoms with Crippen LogP contribution in [0.4, 0.5) is 5.69 Å². The Labute approximate surface area is 160 Å². The minimum Gasteiger partial charge on any atom is -0.457 e. The van der Waals surface area contributed by atoms with Crippen molar-refractivity contribution in [2.24, 2.45) is 5.92 Å². The van der Waals surface area contributed by atoms with Crippen molar-refractivity contribution in [2.45, 2.75) is 19.3 Å². The molecule has 0 aliphatic carbocycles. The summed E-state index contributed by atoms with van der Waals surface area (Å²) in [5, 5.41) is 6.25.